The van der Waals surface area contributed by atoms with Crippen LogP contribution in [0.15, 0.2) is 42.6 Å². The number of carbonyl (C=O) groups is 2. The van der Waals surface area contributed by atoms with Gasteiger partial charge in [0.15, 0.2) is 0 Å². The third kappa shape index (κ3) is 4.62. The largest absolute Gasteiger partial charge is 0.355 e. The summed E-state index contributed by atoms with van der Waals surface area (Å²) < 4.78 is 0. The number of hydrogen-bond donors (Lipinski definition) is 1. The van der Waals surface area contributed by atoms with Crippen molar-refractivity contribution in [2.75, 3.05) is 13.1 Å². The molecule has 1 atom stereocenters. The van der Waals surface area contributed by atoms with Crippen molar-refractivity contribution in [3.8, 4) is 0 Å². The Morgan fingerprint density at radius 3 is 2.84 bits per heavy atom. The molecule has 2 amide bonds. The maximum Gasteiger partial charge on any atom is 0.225 e. The first-order valence-electron chi connectivity index (χ1n) is 8.50. The standard InChI is InChI=1S/C19H22N4O2/c1-14-5-4-7-16(22-14)8-10-21-19(25)15-11-18(24)23(12-15)13-17-6-2-3-9-20-17/h2-7,9,15H,8,10-13H2,1H3,(H,21,25). The smallest absolute Gasteiger partial charge is 0.225 e. The van der Waals surface area contributed by atoms with Crippen molar-refractivity contribution >= 4 is 11.8 Å². The molecule has 0 aliphatic carbocycles. The van der Waals surface area contributed by atoms with Gasteiger partial charge in [-0.3, -0.25) is 19.6 Å². The molecule has 25 heavy (non-hydrogen) atoms. The van der Waals surface area contributed by atoms with E-state index in [1.54, 1.807) is 11.1 Å². The number of pyridine rings is 2. The number of likely N-dealkylation sites (tertiary alicyclic amines) is 1. The normalized spacial score (nSPS) is 16.9. The van der Waals surface area contributed by atoms with Crippen molar-refractivity contribution < 1.29 is 9.59 Å². The first-order chi connectivity index (χ1) is 12.1. The molecule has 0 aromatic carbocycles. The van der Waals surface area contributed by atoms with Crippen molar-refractivity contribution in [2.24, 2.45) is 5.92 Å². The number of nitrogens with zero attached hydrogens (tertiary/aromatic N) is 3. The maximum atomic E-state index is 12.3. The number of amides is 2. The van der Waals surface area contributed by atoms with Gasteiger partial charge in [-0.25, -0.2) is 0 Å². The van der Waals surface area contributed by atoms with Gasteiger partial charge in [-0.2, -0.15) is 0 Å². The Hall–Kier alpha value is -2.76. The molecule has 0 saturated carbocycles. The van der Waals surface area contributed by atoms with E-state index < -0.39 is 0 Å². The summed E-state index contributed by atoms with van der Waals surface area (Å²) >= 11 is 0. The highest BCUT2D eigenvalue weighted by Crippen LogP contribution is 2.19. The fourth-order valence-electron chi connectivity index (χ4n) is 2.98. The van der Waals surface area contributed by atoms with Gasteiger partial charge in [0.05, 0.1) is 18.2 Å². The Balaban J connectivity index is 1.47. The first kappa shape index (κ1) is 17.1. The third-order valence-corrected chi connectivity index (χ3v) is 4.29. The molecule has 3 rings (SSSR count). The van der Waals surface area contributed by atoms with Gasteiger partial charge in [-0.05, 0) is 31.2 Å². The minimum Gasteiger partial charge on any atom is -0.355 e. The van der Waals surface area contributed by atoms with E-state index in [1.807, 2.05) is 43.3 Å². The van der Waals surface area contributed by atoms with Crippen LogP contribution in [0.25, 0.3) is 0 Å². The summed E-state index contributed by atoms with van der Waals surface area (Å²) in [7, 11) is 0. The monoisotopic (exact) mass is 338 g/mol. The molecule has 6 heteroatoms. The van der Waals surface area contributed by atoms with Crippen molar-refractivity contribution in [3.05, 3.63) is 59.7 Å². The van der Waals surface area contributed by atoms with E-state index in [4.69, 9.17) is 0 Å². The maximum absolute atomic E-state index is 12.3. The molecule has 1 unspecified atom stereocenters. The van der Waals surface area contributed by atoms with Gasteiger partial charge < -0.3 is 10.2 Å². The topological polar surface area (TPSA) is 75.2 Å². The summed E-state index contributed by atoms with van der Waals surface area (Å²) in [6, 6.07) is 11.5. The third-order valence-electron chi connectivity index (χ3n) is 4.29. The zero-order valence-electron chi connectivity index (χ0n) is 14.3. The van der Waals surface area contributed by atoms with E-state index in [2.05, 4.69) is 15.3 Å². The number of hydrogen-bond acceptors (Lipinski definition) is 4. The highest BCUT2D eigenvalue weighted by Gasteiger charge is 2.34. The second-order valence-corrected chi connectivity index (χ2v) is 6.31. The summed E-state index contributed by atoms with van der Waals surface area (Å²) in [5.41, 5.74) is 2.76. The van der Waals surface area contributed by atoms with E-state index in [1.165, 1.54) is 0 Å². The molecule has 1 aliphatic heterocycles. The lowest BCUT2D eigenvalue weighted by Crippen LogP contribution is -2.34. The molecule has 0 spiro atoms. The second-order valence-electron chi connectivity index (χ2n) is 6.31. The number of nitrogens with one attached hydrogen (secondary N) is 1. The quantitative estimate of drug-likeness (QED) is 0.866. The van der Waals surface area contributed by atoms with E-state index in [0.29, 0.717) is 26.1 Å². The molecule has 1 aliphatic rings. The van der Waals surface area contributed by atoms with Crippen molar-refractivity contribution in [2.45, 2.75) is 26.3 Å². The molecule has 2 aromatic heterocycles. The zero-order valence-corrected chi connectivity index (χ0v) is 14.3. The molecule has 2 aromatic rings. The SMILES string of the molecule is Cc1cccc(CCNC(=O)C2CC(=O)N(Cc3ccccn3)C2)n1. The van der Waals surface area contributed by atoms with Crippen LogP contribution in [0, 0.1) is 12.8 Å². The van der Waals surface area contributed by atoms with Gasteiger partial charge in [0.1, 0.15) is 0 Å². The summed E-state index contributed by atoms with van der Waals surface area (Å²) in [6.07, 6.45) is 2.66. The molecular formula is C19H22N4O2. The Bertz CT molecular complexity index is 748. The number of carbonyl (C=O) groups excluding carboxylic acids is 2. The van der Waals surface area contributed by atoms with Crippen LogP contribution in [-0.2, 0) is 22.6 Å². The number of aryl methyl sites for hydroxylation is 1. The van der Waals surface area contributed by atoms with Crippen LogP contribution < -0.4 is 5.32 Å². The Morgan fingerprint density at radius 2 is 2.08 bits per heavy atom. The predicted molar refractivity (Wildman–Crippen MR) is 93.4 cm³/mol. The molecule has 1 N–H and O–H groups in total. The summed E-state index contributed by atoms with van der Waals surface area (Å²) in [4.78, 5) is 34.8. The van der Waals surface area contributed by atoms with Crippen LogP contribution in [0.4, 0.5) is 0 Å². The average Bonchev–Trinajstić information content (AvgIpc) is 2.97. The number of aromatic nitrogens is 2. The second kappa shape index (κ2) is 7.88. The lowest BCUT2D eigenvalue weighted by molar-refractivity contribution is -0.129. The first-order valence-corrected chi connectivity index (χ1v) is 8.50. The Morgan fingerprint density at radius 1 is 1.24 bits per heavy atom. The fraction of sp³-hybridized carbons (Fsp3) is 0.368. The van der Waals surface area contributed by atoms with Crippen molar-refractivity contribution in [3.63, 3.8) is 0 Å². The summed E-state index contributed by atoms with van der Waals surface area (Å²) in [5, 5.41) is 2.92. The molecule has 0 bridgehead atoms. The van der Waals surface area contributed by atoms with Gasteiger partial charge >= 0.3 is 0 Å². The van der Waals surface area contributed by atoms with E-state index in [0.717, 1.165) is 17.1 Å². The van der Waals surface area contributed by atoms with Crippen LogP contribution in [0.3, 0.4) is 0 Å². The lowest BCUT2D eigenvalue weighted by atomic mass is 10.1. The molecule has 0 radical (unpaired) electrons. The Kier molecular flexibility index (Phi) is 5.38. The van der Waals surface area contributed by atoms with Gasteiger partial charge in [-0.1, -0.05) is 12.1 Å². The van der Waals surface area contributed by atoms with E-state index in [9.17, 15) is 9.59 Å². The van der Waals surface area contributed by atoms with Crippen LogP contribution >= 0.6 is 0 Å². The van der Waals surface area contributed by atoms with Crippen LogP contribution in [0.2, 0.25) is 0 Å². The molecule has 1 fully saturated rings. The predicted octanol–water partition coefficient (Wildman–Crippen LogP) is 1.49. The van der Waals surface area contributed by atoms with Crippen LogP contribution in [-0.4, -0.2) is 39.8 Å². The lowest BCUT2D eigenvalue weighted by Gasteiger charge is -2.16. The van der Waals surface area contributed by atoms with Crippen molar-refractivity contribution in [1.82, 2.24) is 20.2 Å². The molecule has 130 valence electrons. The van der Waals surface area contributed by atoms with Gasteiger partial charge in [0.2, 0.25) is 11.8 Å². The van der Waals surface area contributed by atoms with Crippen LogP contribution in [0.5, 0.6) is 0 Å². The average molecular weight is 338 g/mol. The van der Waals surface area contributed by atoms with E-state index >= 15 is 0 Å². The van der Waals surface area contributed by atoms with Crippen LogP contribution in [0.1, 0.15) is 23.5 Å². The minimum atomic E-state index is -0.290. The highest BCUT2D eigenvalue weighted by molar-refractivity contribution is 5.89. The zero-order chi connectivity index (χ0) is 17.6. The highest BCUT2D eigenvalue weighted by atomic mass is 16.2. The minimum absolute atomic E-state index is 0.00570. The van der Waals surface area contributed by atoms with Gasteiger partial charge in [-0.15, -0.1) is 0 Å². The molecule has 1 saturated heterocycles. The molecule has 3 heterocycles. The summed E-state index contributed by atoms with van der Waals surface area (Å²) in [6.45, 7) is 3.38. The fourth-order valence-corrected chi connectivity index (χ4v) is 2.98. The van der Waals surface area contributed by atoms with Gasteiger partial charge in [0.25, 0.3) is 0 Å². The van der Waals surface area contributed by atoms with Crippen molar-refractivity contribution in [1.29, 1.82) is 0 Å². The Labute approximate surface area is 147 Å². The van der Waals surface area contributed by atoms with Gasteiger partial charge in [0, 0.05) is 43.5 Å². The molecular weight excluding hydrogens is 316 g/mol. The number of rotatable bonds is 6. The van der Waals surface area contributed by atoms with E-state index in [-0.39, 0.29) is 24.2 Å². The molecule has 6 nitrogen and oxygen atoms in total. The summed E-state index contributed by atoms with van der Waals surface area (Å²) in [5.74, 6) is -0.350.